The van der Waals surface area contributed by atoms with Crippen LogP contribution in [0.1, 0.15) is 0 Å². The predicted molar refractivity (Wildman–Crippen MR) is 83.3 cm³/mol. The molecule has 0 saturated carbocycles. The van der Waals surface area contributed by atoms with Crippen LogP contribution in [-0.2, 0) is 4.79 Å². The number of carbonyl (C=O) groups is 1. The maximum absolute atomic E-state index is 13.3. The number of halogens is 4. The molecule has 21 heavy (non-hydrogen) atoms. The molecule has 1 heterocycles. The van der Waals surface area contributed by atoms with Crippen molar-refractivity contribution in [3.63, 3.8) is 0 Å². The van der Waals surface area contributed by atoms with E-state index < -0.39 is 29.0 Å². The van der Waals surface area contributed by atoms with E-state index >= 15 is 0 Å². The first-order valence-corrected chi connectivity index (χ1v) is 5.92. The van der Waals surface area contributed by atoms with Gasteiger partial charge in [0.15, 0.2) is 23.4 Å². The van der Waals surface area contributed by atoms with E-state index in [2.05, 4.69) is 15.6 Å². The second kappa shape index (κ2) is 7.48. The highest BCUT2D eigenvalue weighted by molar-refractivity contribution is 14.0. The standard InChI is InChI=1S/C12H13F3N4O.HI/c1-19-5-4-16-12(19)17-6-9(20)18-8-3-2-7(13)10(14)11(8)15;/h2-3H,4-6H2,1H3,(H,16,17)(H,18,20);1H. The minimum Gasteiger partial charge on any atom is -0.347 e. The minimum atomic E-state index is -1.62. The molecule has 0 spiro atoms. The molecule has 1 aliphatic heterocycles. The lowest BCUT2D eigenvalue weighted by Crippen LogP contribution is -2.40. The highest BCUT2D eigenvalue weighted by atomic mass is 127. The van der Waals surface area contributed by atoms with Crippen LogP contribution in [0.3, 0.4) is 0 Å². The zero-order valence-corrected chi connectivity index (χ0v) is 13.5. The number of anilines is 1. The number of hydrogen-bond acceptors (Lipinski definition) is 4. The monoisotopic (exact) mass is 414 g/mol. The Morgan fingerprint density at radius 2 is 2.05 bits per heavy atom. The molecule has 1 amide bonds. The lowest BCUT2D eigenvalue weighted by molar-refractivity contribution is -0.115. The molecule has 2 N–H and O–H groups in total. The summed E-state index contributed by atoms with van der Waals surface area (Å²) in [5, 5.41) is 4.93. The third kappa shape index (κ3) is 4.22. The van der Waals surface area contributed by atoms with Crippen molar-refractivity contribution in [3.05, 3.63) is 29.6 Å². The Hall–Kier alpha value is -1.52. The van der Waals surface area contributed by atoms with Gasteiger partial charge in [-0.25, -0.2) is 13.2 Å². The quantitative estimate of drug-likeness (QED) is 0.583. The summed E-state index contributed by atoms with van der Waals surface area (Å²) in [5.41, 5.74) is -0.405. The van der Waals surface area contributed by atoms with Gasteiger partial charge in [-0.1, -0.05) is 0 Å². The number of rotatable bonds is 3. The van der Waals surface area contributed by atoms with E-state index in [9.17, 15) is 18.0 Å². The third-order valence-electron chi connectivity index (χ3n) is 2.77. The first kappa shape index (κ1) is 17.5. The van der Waals surface area contributed by atoms with Crippen LogP contribution in [-0.4, -0.2) is 43.4 Å². The van der Waals surface area contributed by atoms with Gasteiger partial charge in [-0.15, -0.1) is 24.0 Å². The number of amides is 1. The number of nitrogens with zero attached hydrogens (tertiary/aromatic N) is 2. The Labute approximate surface area is 136 Å². The number of likely N-dealkylation sites (N-methyl/N-ethyl adjacent to an activating group) is 1. The van der Waals surface area contributed by atoms with Crippen molar-refractivity contribution in [2.75, 3.05) is 32.0 Å². The molecule has 1 aromatic rings. The zero-order chi connectivity index (χ0) is 14.7. The van der Waals surface area contributed by atoms with Gasteiger partial charge >= 0.3 is 0 Å². The normalized spacial score (nSPS) is 13.5. The van der Waals surface area contributed by atoms with Crippen molar-refractivity contribution in [1.29, 1.82) is 0 Å². The maximum Gasteiger partial charge on any atom is 0.243 e. The molecule has 1 aliphatic rings. The molecule has 116 valence electrons. The largest absolute Gasteiger partial charge is 0.347 e. The molecule has 0 aromatic heterocycles. The van der Waals surface area contributed by atoms with Crippen molar-refractivity contribution in [1.82, 2.24) is 10.2 Å². The van der Waals surface area contributed by atoms with E-state index in [1.165, 1.54) is 0 Å². The molecule has 9 heteroatoms. The van der Waals surface area contributed by atoms with Crippen LogP contribution in [0.4, 0.5) is 18.9 Å². The SMILES string of the molecule is CN1CCN=C1NCC(=O)Nc1ccc(F)c(F)c1F.I. The molecule has 5 nitrogen and oxygen atoms in total. The van der Waals surface area contributed by atoms with Gasteiger partial charge in [0.25, 0.3) is 0 Å². The molecule has 0 bridgehead atoms. The molecule has 2 rings (SSSR count). The fraction of sp³-hybridized carbons (Fsp3) is 0.333. The van der Waals surface area contributed by atoms with Gasteiger partial charge in [-0.3, -0.25) is 9.79 Å². The van der Waals surface area contributed by atoms with Crippen LogP contribution in [0.5, 0.6) is 0 Å². The van der Waals surface area contributed by atoms with Crippen molar-refractivity contribution in [3.8, 4) is 0 Å². The molecule has 1 aromatic carbocycles. The molecular weight excluding hydrogens is 400 g/mol. The van der Waals surface area contributed by atoms with Crippen LogP contribution in [0.15, 0.2) is 17.1 Å². The minimum absolute atomic E-state index is 0. The summed E-state index contributed by atoms with van der Waals surface area (Å²) in [7, 11) is 1.81. The fourth-order valence-electron chi connectivity index (χ4n) is 1.70. The first-order valence-electron chi connectivity index (χ1n) is 5.92. The van der Waals surface area contributed by atoms with E-state index in [1.54, 1.807) is 0 Å². The zero-order valence-electron chi connectivity index (χ0n) is 11.1. The Morgan fingerprint density at radius 3 is 2.67 bits per heavy atom. The van der Waals surface area contributed by atoms with Crippen molar-refractivity contribution < 1.29 is 18.0 Å². The lowest BCUT2D eigenvalue weighted by Gasteiger charge is -2.15. The number of hydrogen-bond donors (Lipinski definition) is 2. The van der Waals surface area contributed by atoms with Crippen LogP contribution >= 0.6 is 24.0 Å². The second-order valence-corrected chi connectivity index (χ2v) is 4.25. The summed E-state index contributed by atoms with van der Waals surface area (Å²) in [6, 6.07) is 1.71. The Balaban J connectivity index is 0.00000220. The highest BCUT2D eigenvalue weighted by Gasteiger charge is 2.16. The summed E-state index contributed by atoms with van der Waals surface area (Å²) < 4.78 is 39.1. The summed E-state index contributed by atoms with van der Waals surface area (Å²) in [6.45, 7) is 1.24. The summed E-state index contributed by atoms with van der Waals surface area (Å²) in [5.74, 6) is -4.37. The summed E-state index contributed by atoms with van der Waals surface area (Å²) in [6.07, 6.45) is 0. The molecule has 0 atom stereocenters. The van der Waals surface area contributed by atoms with E-state index in [0.717, 1.165) is 18.7 Å². The van der Waals surface area contributed by atoms with Crippen molar-refractivity contribution in [2.24, 2.45) is 4.99 Å². The average Bonchev–Trinajstić information content (AvgIpc) is 2.83. The van der Waals surface area contributed by atoms with Crippen molar-refractivity contribution >= 4 is 41.5 Å². The van der Waals surface area contributed by atoms with E-state index in [-0.39, 0.29) is 30.5 Å². The Morgan fingerprint density at radius 1 is 1.33 bits per heavy atom. The fourth-order valence-corrected chi connectivity index (χ4v) is 1.70. The van der Waals surface area contributed by atoms with Gasteiger partial charge in [0.05, 0.1) is 18.8 Å². The van der Waals surface area contributed by atoms with Gasteiger partial charge in [0.1, 0.15) is 0 Å². The molecule has 0 unspecified atom stereocenters. The van der Waals surface area contributed by atoms with Crippen LogP contribution in [0, 0.1) is 17.5 Å². The highest BCUT2D eigenvalue weighted by Crippen LogP contribution is 2.19. The van der Waals surface area contributed by atoms with E-state index in [4.69, 9.17) is 0 Å². The number of aliphatic imine (C=N–C) groups is 1. The average molecular weight is 414 g/mol. The Kier molecular flexibility index (Phi) is 6.24. The summed E-state index contributed by atoms with van der Waals surface area (Å²) >= 11 is 0. The third-order valence-corrected chi connectivity index (χ3v) is 2.77. The predicted octanol–water partition coefficient (Wildman–Crippen LogP) is 1.55. The maximum atomic E-state index is 13.3. The Bertz CT molecular complexity index is 568. The smallest absolute Gasteiger partial charge is 0.243 e. The number of guanidine groups is 1. The van der Waals surface area contributed by atoms with Gasteiger partial charge in [0, 0.05) is 13.6 Å². The number of carbonyl (C=O) groups excluding carboxylic acids is 1. The second-order valence-electron chi connectivity index (χ2n) is 4.25. The molecular formula is C12H14F3IN4O. The van der Waals surface area contributed by atoms with Gasteiger partial charge in [0.2, 0.25) is 5.91 Å². The number of nitrogens with one attached hydrogen (secondary N) is 2. The van der Waals surface area contributed by atoms with E-state index in [1.807, 2.05) is 11.9 Å². The van der Waals surface area contributed by atoms with Gasteiger partial charge in [-0.05, 0) is 12.1 Å². The van der Waals surface area contributed by atoms with Gasteiger partial charge in [-0.2, -0.15) is 0 Å². The topological polar surface area (TPSA) is 56.7 Å². The first-order chi connectivity index (χ1) is 9.49. The molecule has 0 radical (unpaired) electrons. The molecule has 0 fully saturated rings. The van der Waals surface area contributed by atoms with Gasteiger partial charge < -0.3 is 15.5 Å². The van der Waals surface area contributed by atoms with E-state index in [0.29, 0.717) is 12.5 Å². The molecule has 0 aliphatic carbocycles. The number of benzene rings is 1. The summed E-state index contributed by atoms with van der Waals surface area (Å²) in [4.78, 5) is 17.5. The molecule has 0 saturated heterocycles. The van der Waals surface area contributed by atoms with Crippen LogP contribution < -0.4 is 10.6 Å². The van der Waals surface area contributed by atoms with Crippen LogP contribution in [0.25, 0.3) is 0 Å². The van der Waals surface area contributed by atoms with Crippen molar-refractivity contribution in [2.45, 2.75) is 0 Å². The van der Waals surface area contributed by atoms with Crippen LogP contribution in [0.2, 0.25) is 0 Å². The lowest BCUT2D eigenvalue weighted by atomic mass is 10.2.